The number of nitrogens with zero attached hydrogens (tertiary/aromatic N) is 3. The molecule has 0 bridgehead atoms. The molecule has 122 valence electrons. The van der Waals surface area contributed by atoms with Crippen LogP contribution in [0.25, 0.3) is 11.4 Å². The van der Waals surface area contributed by atoms with E-state index in [9.17, 15) is 4.79 Å². The van der Waals surface area contributed by atoms with Crippen LogP contribution in [0.4, 0.5) is 0 Å². The van der Waals surface area contributed by atoms with Gasteiger partial charge in [0.05, 0.1) is 0 Å². The molecule has 1 aromatic heterocycles. The van der Waals surface area contributed by atoms with Crippen LogP contribution in [0.2, 0.25) is 0 Å². The fraction of sp³-hybridized carbons (Fsp3) is 0.500. The van der Waals surface area contributed by atoms with E-state index >= 15 is 0 Å². The lowest BCUT2D eigenvalue weighted by Crippen LogP contribution is -2.43. The van der Waals surface area contributed by atoms with Crippen LogP contribution in [0.15, 0.2) is 34.9 Å². The Hall–Kier alpha value is -2.17. The van der Waals surface area contributed by atoms with Crippen molar-refractivity contribution >= 4 is 5.91 Å². The molecule has 2 heterocycles. The van der Waals surface area contributed by atoms with Crippen molar-refractivity contribution in [2.75, 3.05) is 6.54 Å². The van der Waals surface area contributed by atoms with Gasteiger partial charge in [0.2, 0.25) is 17.6 Å². The predicted molar refractivity (Wildman–Crippen MR) is 87.7 cm³/mol. The molecule has 5 heteroatoms. The third-order valence-electron chi connectivity index (χ3n) is 4.47. The molecule has 2 aromatic rings. The van der Waals surface area contributed by atoms with Gasteiger partial charge < -0.3 is 9.42 Å². The van der Waals surface area contributed by atoms with Gasteiger partial charge in [-0.15, -0.1) is 0 Å². The van der Waals surface area contributed by atoms with Crippen LogP contribution in [0, 0.1) is 0 Å². The van der Waals surface area contributed by atoms with Crippen molar-refractivity contribution in [1.82, 2.24) is 15.0 Å². The molecule has 0 radical (unpaired) electrons. The van der Waals surface area contributed by atoms with Gasteiger partial charge in [-0.25, -0.2) is 0 Å². The molecule has 0 unspecified atom stereocenters. The van der Waals surface area contributed by atoms with Crippen LogP contribution in [-0.4, -0.2) is 33.5 Å². The highest BCUT2D eigenvalue weighted by Gasteiger charge is 2.25. The summed E-state index contributed by atoms with van der Waals surface area (Å²) >= 11 is 0. The maximum absolute atomic E-state index is 12.5. The molecule has 1 aliphatic rings. The number of piperidine rings is 1. The summed E-state index contributed by atoms with van der Waals surface area (Å²) < 4.78 is 5.28. The topological polar surface area (TPSA) is 59.2 Å². The molecule has 1 atom stereocenters. The van der Waals surface area contributed by atoms with E-state index in [-0.39, 0.29) is 5.91 Å². The number of benzene rings is 1. The van der Waals surface area contributed by atoms with Crippen molar-refractivity contribution in [3.05, 3.63) is 36.2 Å². The van der Waals surface area contributed by atoms with Gasteiger partial charge in [-0.05, 0) is 25.7 Å². The zero-order valence-corrected chi connectivity index (χ0v) is 13.6. The van der Waals surface area contributed by atoms with E-state index in [2.05, 4.69) is 17.1 Å². The Kier molecular flexibility index (Phi) is 5.05. The molecule has 5 nitrogen and oxygen atoms in total. The first-order valence-electron chi connectivity index (χ1n) is 8.45. The van der Waals surface area contributed by atoms with Gasteiger partial charge >= 0.3 is 0 Å². The van der Waals surface area contributed by atoms with Crippen molar-refractivity contribution in [2.24, 2.45) is 0 Å². The molecule has 1 amide bonds. The molecule has 0 spiro atoms. The second-order valence-electron chi connectivity index (χ2n) is 6.02. The van der Waals surface area contributed by atoms with Crippen molar-refractivity contribution in [3.63, 3.8) is 0 Å². The molecule has 0 aliphatic carbocycles. The average Bonchev–Trinajstić information content (AvgIpc) is 3.09. The van der Waals surface area contributed by atoms with E-state index in [1.807, 2.05) is 35.2 Å². The average molecular weight is 313 g/mol. The molecule has 0 N–H and O–H groups in total. The van der Waals surface area contributed by atoms with E-state index < -0.39 is 0 Å². The highest BCUT2D eigenvalue weighted by Crippen LogP contribution is 2.21. The van der Waals surface area contributed by atoms with Crippen LogP contribution in [0.1, 0.15) is 44.9 Å². The Balaban J connectivity index is 1.58. The summed E-state index contributed by atoms with van der Waals surface area (Å²) in [4.78, 5) is 18.9. The lowest BCUT2D eigenvalue weighted by atomic mass is 9.99. The van der Waals surface area contributed by atoms with Gasteiger partial charge in [0.15, 0.2) is 0 Å². The molecule has 23 heavy (non-hydrogen) atoms. The second kappa shape index (κ2) is 7.40. The van der Waals surface area contributed by atoms with Crippen LogP contribution in [0.3, 0.4) is 0 Å². The van der Waals surface area contributed by atoms with E-state index in [4.69, 9.17) is 4.52 Å². The highest BCUT2D eigenvalue weighted by atomic mass is 16.5. The van der Waals surface area contributed by atoms with Crippen molar-refractivity contribution in [1.29, 1.82) is 0 Å². The van der Waals surface area contributed by atoms with Crippen molar-refractivity contribution < 1.29 is 9.32 Å². The van der Waals surface area contributed by atoms with E-state index in [1.54, 1.807) is 0 Å². The fourth-order valence-corrected chi connectivity index (χ4v) is 3.17. The summed E-state index contributed by atoms with van der Waals surface area (Å²) in [5, 5.41) is 4.00. The molecule has 0 saturated carbocycles. The Morgan fingerprint density at radius 1 is 1.30 bits per heavy atom. The van der Waals surface area contributed by atoms with Gasteiger partial charge in [-0.3, -0.25) is 4.79 Å². The minimum Gasteiger partial charge on any atom is -0.340 e. The summed E-state index contributed by atoms with van der Waals surface area (Å²) in [6, 6.07) is 10.1. The number of carbonyl (C=O) groups excluding carboxylic acids is 1. The predicted octanol–water partition coefficient (Wildman–Crippen LogP) is 3.46. The largest absolute Gasteiger partial charge is 0.340 e. The lowest BCUT2D eigenvalue weighted by Gasteiger charge is -2.35. The number of carbonyl (C=O) groups is 1. The first-order chi connectivity index (χ1) is 11.3. The SMILES string of the molecule is CC[C@@H]1CCCCN1C(=O)CCc1nc(-c2ccccc2)no1. The van der Waals surface area contributed by atoms with Crippen molar-refractivity contribution in [2.45, 2.75) is 51.5 Å². The van der Waals surface area contributed by atoms with Gasteiger partial charge in [-0.1, -0.05) is 42.4 Å². The molecule has 1 saturated heterocycles. The third-order valence-corrected chi connectivity index (χ3v) is 4.47. The lowest BCUT2D eigenvalue weighted by molar-refractivity contribution is -0.135. The summed E-state index contributed by atoms with van der Waals surface area (Å²) in [5.74, 6) is 1.32. The van der Waals surface area contributed by atoms with Crippen molar-refractivity contribution in [3.8, 4) is 11.4 Å². The first kappa shape index (κ1) is 15.7. The minimum atomic E-state index is 0.205. The normalized spacial score (nSPS) is 18.1. The van der Waals surface area contributed by atoms with Crippen LogP contribution >= 0.6 is 0 Å². The number of aryl methyl sites for hydroxylation is 1. The van der Waals surface area contributed by atoms with Gasteiger partial charge in [0.1, 0.15) is 0 Å². The number of rotatable bonds is 5. The Morgan fingerprint density at radius 3 is 2.91 bits per heavy atom. The van der Waals surface area contributed by atoms with E-state index in [0.29, 0.717) is 30.6 Å². The zero-order chi connectivity index (χ0) is 16.1. The summed E-state index contributed by atoms with van der Waals surface area (Å²) in [7, 11) is 0. The Labute approximate surface area is 136 Å². The minimum absolute atomic E-state index is 0.205. The van der Waals surface area contributed by atoms with Crippen LogP contribution in [0.5, 0.6) is 0 Å². The smallest absolute Gasteiger partial charge is 0.227 e. The maximum Gasteiger partial charge on any atom is 0.227 e. The molecular formula is C18H23N3O2. The standard InChI is InChI=1S/C18H23N3O2/c1-2-15-10-6-7-13-21(15)17(22)12-11-16-19-18(20-23-16)14-8-4-3-5-9-14/h3-5,8-9,15H,2,6-7,10-13H2,1H3/t15-/m1/s1. The first-order valence-corrected chi connectivity index (χ1v) is 8.45. The Morgan fingerprint density at radius 2 is 2.13 bits per heavy atom. The molecular weight excluding hydrogens is 290 g/mol. The Bertz CT molecular complexity index is 639. The molecule has 3 rings (SSSR count). The monoisotopic (exact) mass is 313 g/mol. The third kappa shape index (κ3) is 3.78. The number of hydrogen-bond acceptors (Lipinski definition) is 4. The van der Waals surface area contributed by atoms with Crippen LogP contribution in [-0.2, 0) is 11.2 Å². The fourth-order valence-electron chi connectivity index (χ4n) is 3.17. The molecule has 1 aromatic carbocycles. The van der Waals surface area contributed by atoms with E-state index in [0.717, 1.165) is 31.4 Å². The highest BCUT2D eigenvalue weighted by molar-refractivity contribution is 5.76. The number of amides is 1. The maximum atomic E-state index is 12.5. The number of likely N-dealkylation sites (tertiary alicyclic amines) is 1. The molecule has 1 aliphatic heterocycles. The zero-order valence-electron chi connectivity index (χ0n) is 13.6. The number of aromatic nitrogens is 2. The van der Waals surface area contributed by atoms with Gasteiger partial charge in [0, 0.05) is 31.0 Å². The second-order valence-corrected chi connectivity index (χ2v) is 6.02. The summed E-state index contributed by atoms with van der Waals surface area (Å²) in [6.07, 6.45) is 5.44. The van der Waals surface area contributed by atoms with E-state index in [1.165, 1.54) is 6.42 Å². The quantitative estimate of drug-likeness (QED) is 0.848. The number of hydrogen-bond donors (Lipinski definition) is 0. The molecule has 1 fully saturated rings. The van der Waals surface area contributed by atoms with Gasteiger partial charge in [0.25, 0.3) is 0 Å². The van der Waals surface area contributed by atoms with Crippen LogP contribution < -0.4 is 0 Å². The summed E-state index contributed by atoms with van der Waals surface area (Å²) in [5.41, 5.74) is 0.927. The van der Waals surface area contributed by atoms with Gasteiger partial charge in [-0.2, -0.15) is 4.98 Å². The summed E-state index contributed by atoms with van der Waals surface area (Å²) in [6.45, 7) is 3.04.